The standard InChI is InChI=1S/C20H31F2N5O2/c1-20(2,3)29-19(28)27-11-9-26(10-12-27)18(23)24-13-16(25(4)5)17-14(21)7-6-8-15(17)22/h6-8,16H,9-13H2,1-5H3,(H2,23,24). The molecular formula is C20H31F2N5O2. The average molecular weight is 411 g/mol. The molecule has 29 heavy (non-hydrogen) atoms. The average Bonchev–Trinajstić information content (AvgIpc) is 2.62. The number of carbonyl (C=O) groups excluding carboxylic acids is 1. The minimum absolute atomic E-state index is 0.0243. The number of amides is 1. The van der Waals surface area contributed by atoms with Crippen LogP contribution >= 0.6 is 0 Å². The van der Waals surface area contributed by atoms with Crippen molar-refractivity contribution in [1.29, 1.82) is 0 Å². The molecule has 1 aromatic rings. The van der Waals surface area contributed by atoms with Crippen LogP contribution in [0.25, 0.3) is 0 Å². The van der Waals surface area contributed by atoms with Gasteiger partial charge in [-0.2, -0.15) is 0 Å². The minimum atomic E-state index is -0.608. The van der Waals surface area contributed by atoms with Gasteiger partial charge in [0.2, 0.25) is 0 Å². The predicted octanol–water partition coefficient (Wildman–Crippen LogP) is 2.43. The highest BCUT2D eigenvalue weighted by Crippen LogP contribution is 2.25. The maximum absolute atomic E-state index is 14.2. The Morgan fingerprint density at radius 2 is 1.69 bits per heavy atom. The number of rotatable bonds is 4. The molecule has 0 aromatic heterocycles. The molecule has 0 saturated carbocycles. The van der Waals surface area contributed by atoms with Crippen LogP contribution in [0, 0.1) is 11.6 Å². The molecule has 0 bridgehead atoms. The number of aliphatic imine (C=N–C) groups is 1. The van der Waals surface area contributed by atoms with Crippen molar-refractivity contribution in [1.82, 2.24) is 14.7 Å². The van der Waals surface area contributed by atoms with Gasteiger partial charge in [-0.25, -0.2) is 13.6 Å². The summed E-state index contributed by atoms with van der Waals surface area (Å²) in [5, 5.41) is 0. The van der Waals surface area contributed by atoms with E-state index in [1.54, 1.807) is 23.9 Å². The quantitative estimate of drug-likeness (QED) is 0.609. The Morgan fingerprint density at radius 1 is 1.17 bits per heavy atom. The number of nitrogens with zero attached hydrogens (tertiary/aromatic N) is 4. The van der Waals surface area contributed by atoms with E-state index >= 15 is 0 Å². The van der Waals surface area contributed by atoms with Crippen LogP contribution in [0.1, 0.15) is 32.4 Å². The molecule has 1 saturated heterocycles. The minimum Gasteiger partial charge on any atom is -0.444 e. The van der Waals surface area contributed by atoms with E-state index in [9.17, 15) is 13.6 Å². The Balaban J connectivity index is 2.00. The summed E-state index contributed by atoms with van der Waals surface area (Å²) in [6.45, 7) is 7.53. The van der Waals surface area contributed by atoms with Gasteiger partial charge in [-0.1, -0.05) is 6.07 Å². The van der Waals surface area contributed by atoms with E-state index in [4.69, 9.17) is 10.5 Å². The normalized spacial score (nSPS) is 16.9. The SMILES string of the molecule is CN(C)C(CN=C(N)N1CCN(C(=O)OC(C)(C)C)CC1)c1c(F)cccc1F. The number of piperazine rings is 1. The van der Waals surface area contributed by atoms with Gasteiger partial charge in [0.15, 0.2) is 5.96 Å². The third kappa shape index (κ3) is 6.28. The van der Waals surface area contributed by atoms with Crippen molar-refractivity contribution in [3.63, 3.8) is 0 Å². The van der Waals surface area contributed by atoms with Crippen molar-refractivity contribution in [2.45, 2.75) is 32.4 Å². The van der Waals surface area contributed by atoms with Gasteiger partial charge in [-0.05, 0) is 47.0 Å². The molecule has 1 aliphatic rings. The van der Waals surface area contributed by atoms with Crippen LogP contribution in [-0.4, -0.2) is 79.2 Å². The van der Waals surface area contributed by atoms with Gasteiger partial charge in [0.05, 0.1) is 12.6 Å². The van der Waals surface area contributed by atoms with E-state index in [0.717, 1.165) is 0 Å². The molecular weight excluding hydrogens is 380 g/mol. The van der Waals surface area contributed by atoms with Crippen molar-refractivity contribution in [3.05, 3.63) is 35.4 Å². The second-order valence-electron chi connectivity index (χ2n) is 8.27. The van der Waals surface area contributed by atoms with Crippen molar-refractivity contribution >= 4 is 12.1 Å². The number of likely N-dealkylation sites (N-methyl/N-ethyl adjacent to an activating group) is 1. The van der Waals surface area contributed by atoms with Gasteiger partial charge in [0.1, 0.15) is 17.2 Å². The molecule has 0 aliphatic carbocycles. The summed E-state index contributed by atoms with van der Waals surface area (Å²) in [5.41, 5.74) is 5.54. The Hall–Kier alpha value is -2.42. The first-order valence-electron chi connectivity index (χ1n) is 9.62. The molecule has 0 spiro atoms. The van der Waals surface area contributed by atoms with E-state index in [0.29, 0.717) is 26.2 Å². The number of guanidine groups is 1. The molecule has 162 valence electrons. The van der Waals surface area contributed by atoms with Gasteiger partial charge in [-0.15, -0.1) is 0 Å². The first-order valence-corrected chi connectivity index (χ1v) is 9.62. The number of benzene rings is 1. The van der Waals surface area contributed by atoms with Gasteiger partial charge in [0.25, 0.3) is 0 Å². The third-order valence-corrected chi connectivity index (χ3v) is 4.64. The molecule has 7 nitrogen and oxygen atoms in total. The van der Waals surface area contributed by atoms with Crippen LogP contribution < -0.4 is 5.73 Å². The highest BCUT2D eigenvalue weighted by molar-refractivity contribution is 5.78. The fourth-order valence-corrected chi connectivity index (χ4v) is 3.07. The summed E-state index contributed by atoms with van der Waals surface area (Å²) in [4.78, 5) is 21.7. The second kappa shape index (κ2) is 9.39. The molecule has 2 rings (SSSR count). The fraction of sp³-hybridized carbons (Fsp3) is 0.600. The monoisotopic (exact) mass is 411 g/mol. The van der Waals surface area contributed by atoms with E-state index in [1.807, 2.05) is 25.7 Å². The summed E-state index contributed by atoms with van der Waals surface area (Å²) in [7, 11) is 3.48. The lowest BCUT2D eigenvalue weighted by Gasteiger charge is -2.36. The number of hydrogen-bond donors (Lipinski definition) is 1. The zero-order valence-electron chi connectivity index (χ0n) is 17.8. The van der Waals surface area contributed by atoms with Crippen molar-refractivity contribution < 1.29 is 18.3 Å². The molecule has 1 aliphatic heterocycles. The largest absolute Gasteiger partial charge is 0.444 e. The summed E-state index contributed by atoms with van der Waals surface area (Å²) in [6, 6.07) is 3.22. The molecule has 1 atom stereocenters. The fourth-order valence-electron chi connectivity index (χ4n) is 3.07. The molecule has 1 fully saturated rings. The molecule has 1 aromatic carbocycles. The summed E-state index contributed by atoms with van der Waals surface area (Å²) in [5.74, 6) is -0.927. The smallest absolute Gasteiger partial charge is 0.410 e. The molecule has 2 N–H and O–H groups in total. The number of halogens is 2. The highest BCUT2D eigenvalue weighted by Gasteiger charge is 2.27. The van der Waals surface area contributed by atoms with Crippen molar-refractivity contribution in [2.75, 3.05) is 46.8 Å². The lowest BCUT2D eigenvalue weighted by Crippen LogP contribution is -2.53. The van der Waals surface area contributed by atoms with E-state index in [2.05, 4.69) is 4.99 Å². The Morgan fingerprint density at radius 3 is 2.17 bits per heavy atom. The zero-order valence-corrected chi connectivity index (χ0v) is 17.8. The molecule has 1 heterocycles. The zero-order chi connectivity index (χ0) is 21.8. The van der Waals surface area contributed by atoms with Gasteiger partial charge < -0.3 is 25.2 Å². The molecule has 1 unspecified atom stereocenters. The second-order valence-corrected chi connectivity index (χ2v) is 8.27. The van der Waals surface area contributed by atoms with E-state index < -0.39 is 23.3 Å². The maximum Gasteiger partial charge on any atom is 0.410 e. The summed E-state index contributed by atoms with van der Waals surface area (Å²) >= 11 is 0. The Kier molecular flexibility index (Phi) is 7.40. The van der Waals surface area contributed by atoms with Crippen molar-refractivity contribution in [3.8, 4) is 0 Å². The lowest BCUT2D eigenvalue weighted by atomic mass is 10.0. The van der Waals surface area contributed by atoms with Crippen LogP contribution in [0.3, 0.4) is 0 Å². The Labute approximate surface area is 171 Å². The number of hydrogen-bond acceptors (Lipinski definition) is 4. The van der Waals surface area contributed by atoms with Crippen LogP contribution in [0.5, 0.6) is 0 Å². The maximum atomic E-state index is 14.2. The highest BCUT2D eigenvalue weighted by atomic mass is 19.1. The number of nitrogens with two attached hydrogens (primary N) is 1. The summed E-state index contributed by atoms with van der Waals surface area (Å²) in [6.07, 6.45) is -0.352. The molecule has 9 heteroatoms. The van der Waals surface area contributed by atoms with Crippen LogP contribution in [0.2, 0.25) is 0 Å². The van der Waals surface area contributed by atoms with Crippen molar-refractivity contribution in [2.24, 2.45) is 10.7 Å². The van der Waals surface area contributed by atoms with Crippen LogP contribution in [0.4, 0.5) is 13.6 Å². The molecule has 0 radical (unpaired) electrons. The van der Waals surface area contributed by atoms with Gasteiger partial charge in [-0.3, -0.25) is 4.99 Å². The van der Waals surface area contributed by atoms with E-state index in [1.165, 1.54) is 18.2 Å². The van der Waals surface area contributed by atoms with Crippen LogP contribution in [-0.2, 0) is 4.74 Å². The lowest BCUT2D eigenvalue weighted by molar-refractivity contribution is 0.0186. The molecule has 1 amide bonds. The van der Waals surface area contributed by atoms with Gasteiger partial charge in [0, 0.05) is 31.7 Å². The first kappa shape index (κ1) is 22.9. The number of carbonyl (C=O) groups is 1. The topological polar surface area (TPSA) is 74.4 Å². The summed E-state index contributed by atoms with van der Waals surface area (Å²) < 4.78 is 33.7. The van der Waals surface area contributed by atoms with E-state index in [-0.39, 0.29) is 24.2 Å². The number of ether oxygens (including phenoxy) is 1. The third-order valence-electron chi connectivity index (χ3n) is 4.64. The predicted molar refractivity (Wildman–Crippen MR) is 109 cm³/mol. The first-order chi connectivity index (χ1) is 13.5. The van der Waals surface area contributed by atoms with Gasteiger partial charge >= 0.3 is 6.09 Å². The Bertz CT molecular complexity index is 721. The van der Waals surface area contributed by atoms with Crippen LogP contribution in [0.15, 0.2) is 23.2 Å².